The number of aliphatic hydroxyl groups excluding tert-OH is 1. The van der Waals surface area contributed by atoms with Gasteiger partial charge in [0.15, 0.2) is 0 Å². The minimum atomic E-state index is -0.727. The third-order valence-corrected chi connectivity index (χ3v) is 3.93. The number of carboxylic acids is 1. The van der Waals surface area contributed by atoms with E-state index < -0.39 is 5.97 Å². The average molecular weight is 285 g/mol. The first-order valence-corrected chi connectivity index (χ1v) is 7.77. The van der Waals surface area contributed by atoms with E-state index in [9.17, 15) is 14.7 Å². The largest absolute Gasteiger partial charge is 0.481 e. The van der Waals surface area contributed by atoms with Crippen LogP contribution in [0, 0.1) is 5.92 Å². The number of carbonyl (C=O) groups excluding carboxylic acids is 1. The van der Waals surface area contributed by atoms with E-state index in [-0.39, 0.29) is 24.3 Å². The topological polar surface area (TPSA) is 86.6 Å². The van der Waals surface area contributed by atoms with E-state index in [0.717, 1.165) is 57.8 Å². The maximum absolute atomic E-state index is 11.9. The molecule has 0 bridgehead atoms. The first-order valence-electron chi connectivity index (χ1n) is 7.77. The molecule has 1 rings (SSSR count). The molecule has 5 nitrogen and oxygen atoms in total. The second-order valence-corrected chi connectivity index (χ2v) is 5.71. The number of carboxylic acid groups (broad SMARTS) is 1. The Labute approximate surface area is 120 Å². The number of amides is 1. The summed E-state index contributed by atoms with van der Waals surface area (Å²) in [5, 5.41) is 20.8. The fourth-order valence-corrected chi connectivity index (χ4v) is 2.63. The van der Waals surface area contributed by atoms with Crippen LogP contribution in [0.25, 0.3) is 0 Å². The quantitative estimate of drug-likeness (QED) is 0.566. The fourth-order valence-electron chi connectivity index (χ4n) is 2.63. The zero-order valence-electron chi connectivity index (χ0n) is 12.1. The highest BCUT2D eigenvalue weighted by atomic mass is 16.4. The zero-order chi connectivity index (χ0) is 14.8. The molecule has 116 valence electrons. The van der Waals surface area contributed by atoms with Crippen LogP contribution < -0.4 is 5.32 Å². The second kappa shape index (κ2) is 9.75. The summed E-state index contributed by atoms with van der Waals surface area (Å²) < 4.78 is 0. The van der Waals surface area contributed by atoms with Crippen molar-refractivity contribution in [2.45, 2.75) is 70.3 Å². The molecule has 1 aliphatic rings. The lowest BCUT2D eigenvalue weighted by Gasteiger charge is -2.24. The fraction of sp³-hybridized carbons (Fsp3) is 0.867. The SMILES string of the molecule is O=C(O)CCCCCCCNC(=O)C1CCC(O)CC1. The number of unbranched alkanes of at least 4 members (excludes halogenated alkanes) is 4. The van der Waals surface area contributed by atoms with Gasteiger partial charge < -0.3 is 15.5 Å². The van der Waals surface area contributed by atoms with Crippen LogP contribution in [0.3, 0.4) is 0 Å². The van der Waals surface area contributed by atoms with Crippen molar-refractivity contribution in [3.8, 4) is 0 Å². The second-order valence-electron chi connectivity index (χ2n) is 5.71. The molecule has 1 aliphatic carbocycles. The number of carbonyl (C=O) groups is 2. The summed E-state index contributed by atoms with van der Waals surface area (Å²) in [7, 11) is 0. The Hall–Kier alpha value is -1.10. The van der Waals surface area contributed by atoms with Gasteiger partial charge in [0.05, 0.1) is 6.10 Å². The van der Waals surface area contributed by atoms with Crippen LogP contribution in [-0.2, 0) is 9.59 Å². The van der Waals surface area contributed by atoms with Gasteiger partial charge >= 0.3 is 5.97 Å². The number of nitrogens with one attached hydrogen (secondary N) is 1. The molecule has 0 radical (unpaired) electrons. The summed E-state index contributed by atoms with van der Waals surface area (Å²) in [4.78, 5) is 22.2. The van der Waals surface area contributed by atoms with Crippen molar-refractivity contribution in [1.82, 2.24) is 5.32 Å². The van der Waals surface area contributed by atoms with Crippen LogP contribution in [0.5, 0.6) is 0 Å². The lowest BCUT2D eigenvalue weighted by Crippen LogP contribution is -2.34. The summed E-state index contributed by atoms with van der Waals surface area (Å²) in [5.74, 6) is -0.522. The molecule has 3 N–H and O–H groups in total. The van der Waals surface area contributed by atoms with Gasteiger partial charge in [-0.3, -0.25) is 9.59 Å². The average Bonchev–Trinajstić information content (AvgIpc) is 2.42. The van der Waals surface area contributed by atoms with Crippen LogP contribution in [0.2, 0.25) is 0 Å². The molecule has 1 saturated carbocycles. The normalized spacial score (nSPS) is 22.4. The standard InChI is InChI=1S/C15H27NO4/c17-13-9-7-12(8-10-13)15(20)16-11-5-3-1-2-4-6-14(18)19/h12-13,17H,1-11H2,(H,16,20)(H,18,19). The summed E-state index contributed by atoms with van der Waals surface area (Å²) in [6, 6.07) is 0. The van der Waals surface area contributed by atoms with E-state index in [1.54, 1.807) is 0 Å². The summed E-state index contributed by atoms with van der Waals surface area (Å²) in [6.07, 6.45) is 7.80. The molecule has 0 aliphatic heterocycles. The molecule has 0 heterocycles. The Morgan fingerprint density at radius 3 is 2.20 bits per heavy atom. The van der Waals surface area contributed by atoms with Crippen molar-refractivity contribution < 1.29 is 19.8 Å². The number of hydrogen-bond donors (Lipinski definition) is 3. The molecular weight excluding hydrogens is 258 g/mol. The van der Waals surface area contributed by atoms with Gasteiger partial charge in [0, 0.05) is 18.9 Å². The molecule has 5 heteroatoms. The minimum absolute atomic E-state index is 0.0777. The maximum Gasteiger partial charge on any atom is 0.303 e. The molecule has 0 spiro atoms. The maximum atomic E-state index is 11.9. The van der Waals surface area contributed by atoms with Crippen molar-refractivity contribution >= 4 is 11.9 Å². The highest BCUT2D eigenvalue weighted by molar-refractivity contribution is 5.78. The molecule has 0 unspecified atom stereocenters. The molecule has 0 aromatic heterocycles. The number of aliphatic hydroxyl groups is 1. The first kappa shape index (κ1) is 17.0. The third kappa shape index (κ3) is 7.48. The van der Waals surface area contributed by atoms with Crippen LogP contribution >= 0.6 is 0 Å². The van der Waals surface area contributed by atoms with Crippen molar-refractivity contribution in [2.75, 3.05) is 6.54 Å². The highest BCUT2D eigenvalue weighted by Gasteiger charge is 2.24. The van der Waals surface area contributed by atoms with E-state index in [1.807, 2.05) is 0 Å². The van der Waals surface area contributed by atoms with Crippen LogP contribution in [0.15, 0.2) is 0 Å². The third-order valence-electron chi connectivity index (χ3n) is 3.93. The molecule has 1 amide bonds. The summed E-state index contributed by atoms with van der Waals surface area (Å²) in [6.45, 7) is 0.705. The van der Waals surface area contributed by atoms with E-state index in [1.165, 1.54) is 0 Å². The molecular formula is C15H27NO4. The molecule has 1 fully saturated rings. The Morgan fingerprint density at radius 1 is 0.950 bits per heavy atom. The predicted molar refractivity (Wildman–Crippen MR) is 76.3 cm³/mol. The van der Waals surface area contributed by atoms with Crippen molar-refractivity contribution in [3.05, 3.63) is 0 Å². The Kier molecular flexibility index (Phi) is 8.26. The summed E-state index contributed by atoms with van der Waals surface area (Å²) >= 11 is 0. The highest BCUT2D eigenvalue weighted by Crippen LogP contribution is 2.24. The lowest BCUT2D eigenvalue weighted by atomic mass is 9.87. The van der Waals surface area contributed by atoms with E-state index in [0.29, 0.717) is 6.54 Å². The zero-order valence-corrected chi connectivity index (χ0v) is 12.1. The van der Waals surface area contributed by atoms with Crippen molar-refractivity contribution in [3.63, 3.8) is 0 Å². The number of hydrogen-bond acceptors (Lipinski definition) is 3. The molecule has 0 aromatic carbocycles. The molecule has 0 aromatic rings. The van der Waals surface area contributed by atoms with Crippen molar-refractivity contribution in [2.24, 2.45) is 5.92 Å². The van der Waals surface area contributed by atoms with Crippen molar-refractivity contribution in [1.29, 1.82) is 0 Å². The first-order chi connectivity index (χ1) is 9.59. The Balaban J connectivity index is 1.93. The van der Waals surface area contributed by atoms with Gasteiger partial charge in [-0.05, 0) is 38.5 Å². The molecule has 0 saturated heterocycles. The monoisotopic (exact) mass is 285 g/mol. The Bertz CT molecular complexity index is 298. The molecule has 20 heavy (non-hydrogen) atoms. The van der Waals surface area contributed by atoms with Gasteiger partial charge in [-0.2, -0.15) is 0 Å². The van der Waals surface area contributed by atoms with Gasteiger partial charge in [0.1, 0.15) is 0 Å². The number of aliphatic carboxylic acids is 1. The summed E-state index contributed by atoms with van der Waals surface area (Å²) in [5.41, 5.74) is 0. The smallest absolute Gasteiger partial charge is 0.303 e. The number of rotatable bonds is 9. The van der Waals surface area contributed by atoms with Gasteiger partial charge in [0.2, 0.25) is 5.91 Å². The van der Waals surface area contributed by atoms with E-state index >= 15 is 0 Å². The van der Waals surface area contributed by atoms with Gasteiger partial charge in [-0.25, -0.2) is 0 Å². The van der Waals surface area contributed by atoms with Crippen LogP contribution in [0.4, 0.5) is 0 Å². The van der Waals surface area contributed by atoms with Crippen LogP contribution in [-0.4, -0.2) is 34.7 Å². The lowest BCUT2D eigenvalue weighted by molar-refractivity contribution is -0.137. The van der Waals surface area contributed by atoms with Gasteiger partial charge in [-0.15, -0.1) is 0 Å². The minimum Gasteiger partial charge on any atom is -0.481 e. The van der Waals surface area contributed by atoms with Crippen LogP contribution in [0.1, 0.15) is 64.2 Å². The van der Waals surface area contributed by atoms with Gasteiger partial charge in [0.25, 0.3) is 0 Å². The van der Waals surface area contributed by atoms with Gasteiger partial charge in [-0.1, -0.05) is 19.3 Å². The predicted octanol–water partition coefficient (Wildman–Crippen LogP) is 2.08. The molecule has 0 atom stereocenters. The van der Waals surface area contributed by atoms with E-state index in [2.05, 4.69) is 5.32 Å². The Morgan fingerprint density at radius 2 is 1.55 bits per heavy atom. The van der Waals surface area contributed by atoms with E-state index in [4.69, 9.17) is 5.11 Å².